The molecule has 3 unspecified atom stereocenters. The summed E-state index contributed by atoms with van der Waals surface area (Å²) in [5.74, 6) is 0. The highest BCUT2D eigenvalue weighted by Crippen LogP contribution is 2.34. The van der Waals surface area contributed by atoms with Gasteiger partial charge in [-0.1, -0.05) is 42.7 Å². The average Bonchev–Trinajstić information content (AvgIpc) is 2.48. The van der Waals surface area contributed by atoms with E-state index in [2.05, 4.69) is 36.1 Å². The number of hydrogen-bond donors (Lipinski definition) is 1. The fourth-order valence-corrected chi connectivity index (χ4v) is 3.85. The Kier molecular flexibility index (Phi) is 4.39. The van der Waals surface area contributed by atoms with Crippen LogP contribution < -0.4 is 5.73 Å². The summed E-state index contributed by atoms with van der Waals surface area (Å²) in [5, 5.41) is 0. The normalized spacial score (nSPS) is 28.9. The molecular weight excluding hydrogens is 248 g/mol. The smallest absolute Gasteiger partial charge is 0.0731 e. The molecule has 3 nitrogen and oxygen atoms in total. The zero-order valence-electron chi connectivity index (χ0n) is 12.4. The van der Waals surface area contributed by atoms with E-state index in [4.69, 9.17) is 10.5 Å². The summed E-state index contributed by atoms with van der Waals surface area (Å²) in [4.78, 5) is 2.61. The number of nitrogens with zero attached hydrogens (tertiary/aromatic N) is 1. The molecule has 3 atom stereocenters. The Hall–Kier alpha value is -0.900. The van der Waals surface area contributed by atoms with Gasteiger partial charge in [-0.2, -0.15) is 0 Å². The third kappa shape index (κ3) is 2.76. The van der Waals surface area contributed by atoms with Crippen molar-refractivity contribution >= 4 is 0 Å². The van der Waals surface area contributed by atoms with Crippen molar-refractivity contribution in [2.75, 3.05) is 19.7 Å². The SMILES string of the molecule is Cc1cccc(C(CN)N2CCOC3CCCCC32)c1. The molecule has 110 valence electrons. The van der Waals surface area contributed by atoms with Crippen molar-refractivity contribution in [2.24, 2.45) is 5.73 Å². The fraction of sp³-hybridized carbons (Fsp3) is 0.647. The first kappa shape index (κ1) is 14.1. The molecule has 2 fully saturated rings. The second kappa shape index (κ2) is 6.25. The highest BCUT2D eigenvalue weighted by molar-refractivity contribution is 5.26. The summed E-state index contributed by atoms with van der Waals surface area (Å²) in [5.41, 5.74) is 8.80. The highest BCUT2D eigenvalue weighted by Gasteiger charge is 2.37. The van der Waals surface area contributed by atoms with Crippen molar-refractivity contribution in [3.8, 4) is 0 Å². The molecule has 2 aliphatic rings. The molecule has 0 bridgehead atoms. The minimum absolute atomic E-state index is 0.337. The lowest BCUT2D eigenvalue weighted by atomic mass is 9.88. The van der Waals surface area contributed by atoms with Crippen LogP contribution in [-0.2, 0) is 4.74 Å². The van der Waals surface area contributed by atoms with Gasteiger partial charge in [0.25, 0.3) is 0 Å². The Balaban J connectivity index is 1.84. The Morgan fingerprint density at radius 3 is 3.00 bits per heavy atom. The second-order valence-corrected chi connectivity index (χ2v) is 6.16. The molecule has 3 heteroatoms. The van der Waals surface area contributed by atoms with E-state index in [1.807, 2.05) is 0 Å². The summed E-state index contributed by atoms with van der Waals surface area (Å²) in [6.45, 7) is 4.70. The first-order chi connectivity index (χ1) is 9.79. The zero-order valence-corrected chi connectivity index (χ0v) is 12.4. The molecular formula is C17H26N2O. The number of nitrogens with two attached hydrogens (primary N) is 1. The Morgan fingerprint density at radius 2 is 2.20 bits per heavy atom. The van der Waals surface area contributed by atoms with E-state index in [0.717, 1.165) is 13.2 Å². The molecule has 1 aromatic carbocycles. The molecule has 1 saturated carbocycles. The number of fused-ring (bicyclic) bond motifs is 1. The number of benzene rings is 1. The predicted octanol–water partition coefficient (Wildman–Crippen LogP) is 2.64. The first-order valence-electron chi connectivity index (χ1n) is 7.93. The van der Waals surface area contributed by atoms with Crippen molar-refractivity contribution in [1.29, 1.82) is 0 Å². The van der Waals surface area contributed by atoms with E-state index < -0.39 is 0 Å². The van der Waals surface area contributed by atoms with E-state index >= 15 is 0 Å². The molecule has 3 rings (SSSR count). The van der Waals surface area contributed by atoms with Crippen molar-refractivity contribution in [3.63, 3.8) is 0 Å². The van der Waals surface area contributed by atoms with Crippen LogP contribution in [0.25, 0.3) is 0 Å². The maximum atomic E-state index is 6.13. The molecule has 1 saturated heterocycles. The van der Waals surface area contributed by atoms with Gasteiger partial charge in [-0.25, -0.2) is 0 Å². The third-order valence-corrected chi connectivity index (χ3v) is 4.83. The van der Waals surface area contributed by atoms with Gasteiger partial charge in [0.15, 0.2) is 0 Å². The van der Waals surface area contributed by atoms with Crippen LogP contribution in [0, 0.1) is 6.92 Å². The lowest BCUT2D eigenvalue weighted by Gasteiger charge is -2.47. The average molecular weight is 274 g/mol. The number of morpholine rings is 1. The van der Waals surface area contributed by atoms with E-state index in [0.29, 0.717) is 24.7 Å². The molecule has 1 aliphatic carbocycles. The Labute approximate surface area is 122 Å². The molecule has 0 amide bonds. The van der Waals surface area contributed by atoms with Crippen LogP contribution in [0.2, 0.25) is 0 Å². The van der Waals surface area contributed by atoms with Crippen LogP contribution in [0.15, 0.2) is 24.3 Å². The van der Waals surface area contributed by atoms with Gasteiger partial charge in [-0.15, -0.1) is 0 Å². The van der Waals surface area contributed by atoms with Gasteiger partial charge in [-0.05, 0) is 25.3 Å². The summed E-state index contributed by atoms with van der Waals surface area (Å²) >= 11 is 0. The molecule has 1 aliphatic heterocycles. The number of aryl methyl sites for hydroxylation is 1. The number of ether oxygens (including phenoxy) is 1. The molecule has 1 aromatic rings. The highest BCUT2D eigenvalue weighted by atomic mass is 16.5. The van der Waals surface area contributed by atoms with E-state index in [9.17, 15) is 0 Å². The minimum Gasteiger partial charge on any atom is -0.375 e. The van der Waals surface area contributed by atoms with Crippen molar-refractivity contribution in [2.45, 2.75) is 50.8 Å². The third-order valence-electron chi connectivity index (χ3n) is 4.83. The Bertz CT molecular complexity index is 446. The van der Waals surface area contributed by atoms with Crippen LogP contribution in [-0.4, -0.2) is 36.7 Å². The standard InChI is InChI=1S/C17H26N2O/c1-13-5-4-6-14(11-13)16(12-18)19-9-10-20-17-8-3-2-7-15(17)19/h4-6,11,15-17H,2-3,7-10,12,18H2,1H3. The number of hydrogen-bond acceptors (Lipinski definition) is 3. The lowest BCUT2D eigenvalue weighted by molar-refractivity contribution is -0.102. The summed E-state index contributed by atoms with van der Waals surface area (Å²) < 4.78 is 5.98. The molecule has 20 heavy (non-hydrogen) atoms. The van der Waals surface area contributed by atoms with Crippen LogP contribution >= 0.6 is 0 Å². The second-order valence-electron chi connectivity index (χ2n) is 6.16. The maximum Gasteiger partial charge on any atom is 0.0731 e. The monoisotopic (exact) mass is 274 g/mol. The minimum atomic E-state index is 0.337. The van der Waals surface area contributed by atoms with Crippen LogP contribution in [0.3, 0.4) is 0 Å². The van der Waals surface area contributed by atoms with E-state index in [-0.39, 0.29) is 0 Å². The van der Waals surface area contributed by atoms with Gasteiger partial charge < -0.3 is 10.5 Å². The molecule has 0 aromatic heterocycles. The Morgan fingerprint density at radius 1 is 1.35 bits per heavy atom. The zero-order chi connectivity index (χ0) is 13.9. The molecule has 2 N–H and O–H groups in total. The van der Waals surface area contributed by atoms with Crippen molar-refractivity contribution in [1.82, 2.24) is 4.90 Å². The first-order valence-corrected chi connectivity index (χ1v) is 7.93. The van der Waals surface area contributed by atoms with Gasteiger partial charge in [0.1, 0.15) is 0 Å². The molecule has 0 radical (unpaired) electrons. The maximum absolute atomic E-state index is 6.13. The summed E-state index contributed by atoms with van der Waals surface area (Å²) in [6.07, 6.45) is 5.54. The van der Waals surface area contributed by atoms with Crippen molar-refractivity contribution in [3.05, 3.63) is 35.4 Å². The van der Waals surface area contributed by atoms with Gasteiger partial charge >= 0.3 is 0 Å². The van der Waals surface area contributed by atoms with E-state index in [1.165, 1.54) is 36.8 Å². The van der Waals surface area contributed by atoms with Gasteiger partial charge in [0, 0.05) is 25.2 Å². The van der Waals surface area contributed by atoms with Gasteiger partial charge in [0.2, 0.25) is 0 Å². The molecule has 0 spiro atoms. The quantitative estimate of drug-likeness (QED) is 0.921. The number of rotatable bonds is 3. The molecule has 1 heterocycles. The van der Waals surface area contributed by atoms with Gasteiger partial charge in [-0.3, -0.25) is 4.90 Å². The lowest BCUT2D eigenvalue weighted by Crippen LogP contribution is -2.54. The summed E-state index contributed by atoms with van der Waals surface area (Å²) in [6, 6.07) is 9.70. The van der Waals surface area contributed by atoms with E-state index in [1.54, 1.807) is 0 Å². The van der Waals surface area contributed by atoms with Crippen molar-refractivity contribution < 1.29 is 4.74 Å². The largest absolute Gasteiger partial charge is 0.375 e. The topological polar surface area (TPSA) is 38.5 Å². The van der Waals surface area contributed by atoms with Gasteiger partial charge in [0.05, 0.1) is 12.7 Å². The fourth-order valence-electron chi connectivity index (χ4n) is 3.85. The predicted molar refractivity (Wildman–Crippen MR) is 81.7 cm³/mol. The van der Waals surface area contributed by atoms with Crippen LogP contribution in [0.5, 0.6) is 0 Å². The summed E-state index contributed by atoms with van der Waals surface area (Å²) in [7, 11) is 0. The van der Waals surface area contributed by atoms with Crippen LogP contribution in [0.4, 0.5) is 0 Å². The van der Waals surface area contributed by atoms with Crippen LogP contribution in [0.1, 0.15) is 42.9 Å².